The maximum atomic E-state index is 8.44. The average Bonchev–Trinajstić information content (AvgIpc) is 2.55. The van der Waals surface area contributed by atoms with Gasteiger partial charge in [0.05, 0.1) is 18.9 Å². The van der Waals surface area contributed by atoms with Gasteiger partial charge in [0.2, 0.25) is 0 Å². The standard InChI is InChI=1S/C17H20N4O/c1-12-2-3-14(15(18)10-12)17(19)13-4-5-20-16(11-13)21-6-8-22-9-7-21/h2-5,10-11,19H,6-9,18H2,1H3. The number of rotatable bonds is 3. The van der Waals surface area contributed by atoms with Crippen LogP contribution in [0.25, 0.3) is 0 Å². The molecule has 2 aromatic rings. The van der Waals surface area contributed by atoms with Crippen molar-refractivity contribution in [3.8, 4) is 0 Å². The highest BCUT2D eigenvalue weighted by Gasteiger charge is 2.15. The predicted octanol–water partition coefficient (Wildman–Crippen LogP) is 2.22. The Labute approximate surface area is 130 Å². The van der Waals surface area contributed by atoms with Crippen molar-refractivity contribution in [1.82, 2.24) is 4.98 Å². The van der Waals surface area contributed by atoms with Gasteiger partial charge in [-0.1, -0.05) is 12.1 Å². The van der Waals surface area contributed by atoms with Gasteiger partial charge in [-0.3, -0.25) is 5.41 Å². The number of aryl methyl sites for hydroxylation is 1. The normalized spacial score (nSPS) is 14.9. The number of aromatic nitrogens is 1. The van der Waals surface area contributed by atoms with E-state index in [1.54, 1.807) is 6.20 Å². The Kier molecular flexibility index (Phi) is 4.06. The lowest BCUT2D eigenvalue weighted by molar-refractivity contribution is 0.122. The SMILES string of the molecule is Cc1ccc(C(=N)c2ccnc(N3CCOCC3)c2)c(N)c1. The lowest BCUT2D eigenvalue weighted by Gasteiger charge is -2.28. The van der Waals surface area contributed by atoms with Gasteiger partial charge in [0.15, 0.2) is 0 Å². The molecular formula is C17H20N4O. The molecule has 114 valence electrons. The number of nitrogens with two attached hydrogens (primary N) is 1. The number of nitrogen functional groups attached to an aromatic ring is 1. The molecule has 1 aliphatic heterocycles. The molecule has 1 fully saturated rings. The molecule has 0 amide bonds. The van der Waals surface area contributed by atoms with Gasteiger partial charge in [0.1, 0.15) is 5.82 Å². The van der Waals surface area contributed by atoms with E-state index in [1.807, 2.05) is 37.3 Å². The molecule has 1 aromatic heterocycles. The van der Waals surface area contributed by atoms with Crippen molar-refractivity contribution in [1.29, 1.82) is 5.41 Å². The minimum absolute atomic E-state index is 0.425. The zero-order valence-corrected chi connectivity index (χ0v) is 12.7. The van der Waals surface area contributed by atoms with Crippen molar-refractivity contribution < 1.29 is 4.74 Å². The number of hydrogen-bond donors (Lipinski definition) is 2. The topological polar surface area (TPSA) is 75.2 Å². The van der Waals surface area contributed by atoms with Crippen molar-refractivity contribution >= 4 is 17.2 Å². The fourth-order valence-corrected chi connectivity index (χ4v) is 2.60. The molecule has 1 saturated heterocycles. The van der Waals surface area contributed by atoms with E-state index in [2.05, 4.69) is 9.88 Å². The van der Waals surface area contributed by atoms with Crippen LogP contribution in [0.2, 0.25) is 0 Å². The highest BCUT2D eigenvalue weighted by atomic mass is 16.5. The summed E-state index contributed by atoms with van der Waals surface area (Å²) in [7, 11) is 0. The average molecular weight is 296 g/mol. The van der Waals surface area contributed by atoms with E-state index in [1.165, 1.54) is 0 Å². The largest absolute Gasteiger partial charge is 0.398 e. The zero-order chi connectivity index (χ0) is 15.5. The number of nitrogens with zero attached hydrogens (tertiary/aromatic N) is 2. The molecule has 1 aliphatic rings. The molecule has 22 heavy (non-hydrogen) atoms. The van der Waals surface area contributed by atoms with Crippen LogP contribution in [0.5, 0.6) is 0 Å². The fourth-order valence-electron chi connectivity index (χ4n) is 2.60. The number of hydrogen-bond acceptors (Lipinski definition) is 5. The van der Waals surface area contributed by atoms with Gasteiger partial charge in [0, 0.05) is 36.1 Å². The molecule has 5 heteroatoms. The van der Waals surface area contributed by atoms with Crippen LogP contribution < -0.4 is 10.6 Å². The Morgan fingerprint density at radius 2 is 2.00 bits per heavy atom. The maximum Gasteiger partial charge on any atom is 0.129 e. The number of benzene rings is 1. The first kappa shape index (κ1) is 14.5. The molecule has 0 radical (unpaired) electrons. The fraction of sp³-hybridized carbons (Fsp3) is 0.294. The summed E-state index contributed by atoms with van der Waals surface area (Å²) in [6.45, 7) is 5.09. The first-order valence-corrected chi connectivity index (χ1v) is 7.39. The molecule has 0 spiro atoms. The van der Waals surface area contributed by atoms with Crippen LogP contribution in [0, 0.1) is 12.3 Å². The van der Waals surface area contributed by atoms with E-state index in [9.17, 15) is 0 Å². The summed E-state index contributed by atoms with van der Waals surface area (Å²) in [5.74, 6) is 0.885. The second-order valence-corrected chi connectivity index (χ2v) is 5.47. The summed E-state index contributed by atoms with van der Waals surface area (Å²) in [5.41, 5.74) is 9.79. The molecule has 1 aromatic carbocycles. The molecule has 3 N–H and O–H groups in total. The third-order valence-electron chi connectivity index (χ3n) is 3.85. The molecule has 3 rings (SSSR count). The number of morpholine rings is 1. The van der Waals surface area contributed by atoms with E-state index < -0.39 is 0 Å². The number of nitrogens with one attached hydrogen (secondary N) is 1. The van der Waals surface area contributed by atoms with Crippen LogP contribution >= 0.6 is 0 Å². The van der Waals surface area contributed by atoms with Gasteiger partial charge in [-0.25, -0.2) is 4.98 Å². The van der Waals surface area contributed by atoms with Crippen LogP contribution in [-0.4, -0.2) is 37.0 Å². The van der Waals surface area contributed by atoms with Gasteiger partial charge >= 0.3 is 0 Å². The van der Waals surface area contributed by atoms with Gasteiger partial charge in [0.25, 0.3) is 0 Å². The molecule has 0 aliphatic carbocycles. The van der Waals surface area contributed by atoms with Crippen LogP contribution in [0.15, 0.2) is 36.5 Å². The number of ether oxygens (including phenoxy) is 1. The third-order valence-corrected chi connectivity index (χ3v) is 3.85. The molecule has 0 atom stereocenters. The van der Waals surface area contributed by atoms with Crippen LogP contribution in [0.1, 0.15) is 16.7 Å². The summed E-state index contributed by atoms with van der Waals surface area (Å²) in [4.78, 5) is 6.60. The molecule has 0 bridgehead atoms. The highest BCUT2D eigenvalue weighted by molar-refractivity contribution is 6.14. The second-order valence-electron chi connectivity index (χ2n) is 5.47. The second kappa shape index (κ2) is 6.15. The molecular weight excluding hydrogens is 276 g/mol. The van der Waals surface area contributed by atoms with E-state index in [0.717, 1.165) is 35.6 Å². The summed E-state index contributed by atoms with van der Waals surface area (Å²) in [6.07, 6.45) is 1.75. The monoisotopic (exact) mass is 296 g/mol. The highest BCUT2D eigenvalue weighted by Crippen LogP contribution is 2.21. The van der Waals surface area contributed by atoms with Crippen LogP contribution in [0.4, 0.5) is 11.5 Å². The maximum absolute atomic E-state index is 8.44. The van der Waals surface area contributed by atoms with Crippen molar-refractivity contribution in [3.05, 3.63) is 53.2 Å². The summed E-state index contributed by atoms with van der Waals surface area (Å²) >= 11 is 0. The lowest BCUT2D eigenvalue weighted by Crippen LogP contribution is -2.36. The molecule has 5 nitrogen and oxygen atoms in total. The Bertz CT molecular complexity index is 693. The predicted molar refractivity (Wildman–Crippen MR) is 88.8 cm³/mol. The molecule has 0 unspecified atom stereocenters. The van der Waals surface area contributed by atoms with Crippen molar-refractivity contribution in [3.63, 3.8) is 0 Å². The first-order chi connectivity index (χ1) is 10.6. The Hall–Kier alpha value is -2.40. The Morgan fingerprint density at radius 1 is 1.23 bits per heavy atom. The van der Waals surface area contributed by atoms with Crippen molar-refractivity contribution in [2.75, 3.05) is 36.9 Å². The van der Waals surface area contributed by atoms with E-state index >= 15 is 0 Å². The van der Waals surface area contributed by atoms with E-state index in [0.29, 0.717) is 24.6 Å². The lowest BCUT2D eigenvalue weighted by atomic mass is 10.00. The quantitative estimate of drug-likeness (QED) is 0.673. The van der Waals surface area contributed by atoms with Crippen LogP contribution in [-0.2, 0) is 4.74 Å². The molecule has 0 saturated carbocycles. The first-order valence-electron chi connectivity index (χ1n) is 7.39. The summed E-state index contributed by atoms with van der Waals surface area (Å²) in [5, 5.41) is 8.44. The number of anilines is 2. The van der Waals surface area contributed by atoms with E-state index in [4.69, 9.17) is 15.9 Å². The minimum atomic E-state index is 0.425. The number of pyridine rings is 1. The summed E-state index contributed by atoms with van der Waals surface area (Å²) in [6, 6.07) is 9.58. The van der Waals surface area contributed by atoms with Crippen molar-refractivity contribution in [2.24, 2.45) is 0 Å². The van der Waals surface area contributed by atoms with Crippen LogP contribution in [0.3, 0.4) is 0 Å². The molecule has 2 heterocycles. The van der Waals surface area contributed by atoms with Gasteiger partial charge in [-0.05, 0) is 30.7 Å². The summed E-state index contributed by atoms with van der Waals surface area (Å²) < 4.78 is 5.37. The van der Waals surface area contributed by atoms with Crippen molar-refractivity contribution in [2.45, 2.75) is 6.92 Å². The minimum Gasteiger partial charge on any atom is -0.398 e. The van der Waals surface area contributed by atoms with Gasteiger partial charge in [-0.15, -0.1) is 0 Å². The van der Waals surface area contributed by atoms with Gasteiger partial charge < -0.3 is 15.4 Å². The zero-order valence-electron chi connectivity index (χ0n) is 12.7. The third kappa shape index (κ3) is 2.94. The van der Waals surface area contributed by atoms with Gasteiger partial charge in [-0.2, -0.15) is 0 Å². The van der Waals surface area contributed by atoms with E-state index in [-0.39, 0.29) is 0 Å². The Balaban J connectivity index is 1.89. The Morgan fingerprint density at radius 3 is 2.73 bits per heavy atom. The smallest absolute Gasteiger partial charge is 0.129 e.